The number of nitrogens with zero attached hydrogens (tertiary/aromatic N) is 2. The molecular formula is C69H57N3. The van der Waals surface area contributed by atoms with E-state index in [-0.39, 0.29) is 0 Å². The average molecular weight is 928 g/mol. The van der Waals surface area contributed by atoms with E-state index in [1.54, 1.807) is 0 Å². The van der Waals surface area contributed by atoms with Crippen LogP contribution in [-0.2, 0) is 0 Å². The highest BCUT2D eigenvalue weighted by Gasteiger charge is 2.49. The van der Waals surface area contributed by atoms with E-state index in [0.29, 0.717) is 12.1 Å². The summed E-state index contributed by atoms with van der Waals surface area (Å²) in [5, 5.41) is 4.25. The topological polar surface area (TPSA) is 18.5 Å². The molecule has 3 fully saturated rings. The van der Waals surface area contributed by atoms with Crippen LogP contribution in [0.25, 0.3) is 66.8 Å². The van der Waals surface area contributed by atoms with Crippen molar-refractivity contribution in [2.45, 2.75) is 44.2 Å². The third-order valence-corrected chi connectivity index (χ3v) is 15.7. The first-order valence-electron chi connectivity index (χ1n) is 25.9. The summed E-state index contributed by atoms with van der Waals surface area (Å²) in [6, 6.07) is 94.7. The highest BCUT2D eigenvalue weighted by molar-refractivity contribution is 6.02. The average Bonchev–Trinajstić information content (AvgIpc) is 3.62. The number of nitrogens with one attached hydrogen (secondary N) is 1. The number of rotatable bonds is 12. The van der Waals surface area contributed by atoms with Crippen molar-refractivity contribution < 1.29 is 0 Å². The van der Waals surface area contributed by atoms with Gasteiger partial charge in [0.25, 0.3) is 0 Å². The number of anilines is 6. The molecule has 3 aliphatic rings. The van der Waals surface area contributed by atoms with Gasteiger partial charge in [0.15, 0.2) is 0 Å². The van der Waals surface area contributed by atoms with Crippen molar-refractivity contribution >= 4 is 34.1 Å². The fraction of sp³-hybridized carbons (Fsp3) is 0.130. The molecule has 10 aromatic rings. The van der Waals surface area contributed by atoms with Crippen molar-refractivity contribution in [3.05, 3.63) is 255 Å². The van der Waals surface area contributed by atoms with Gasteiger partial charge in [0.2, 0.25) is 0 Å². The summed E-state index contributed by atoms with van der Waals surface area (Å²) >= 11 is 0. The monoisotopic (exact) mass is 927 g/mol. The number of para-hydroxylation sites is 1. The molecule has 1 N–H and O–H groups in total. The van der Waals surface area contributed by atoms with E-state index in [9.17, 15) is 0 Å². The molecule has 4 atom stereocenters. The van der Waals surface area contributed by atoms with Gasteiger partial charge >= 0.3 is 0 Å². The van der Waals surface area contributed by atoms with Crippen LogP contribution in [-0.4, -0.2) is 12.1 Å². The largest absolute Gasteiger partial charge is 0.365 e. The van der Waals surface area contributed by atoms with Gasteiger partial charge in [-0.2, -0.15) is 0 Å². The van der Waals surface area contributed by atoms with Gasteiger partial charge in [-0.25, -0.2) is 0 Å². The third-order valence-electron chi connectivity index (χ3n) is 15.7. The van der Waals surface area contributed by atoms with Crippen LogP contribution in [0.3, 0.4) is 0 Å². The molecule has 1 aliphatic heterocycles. The second-order valence-corrected chi connectivity index (χ2v) is 20.1. The summed E-state index contributed by atoms with van der Waals surface area (Å²) < 4.78 is 0. The predicted octanol–water partition coefficient (Wildman–Crippen LogP) is 18.7. The highest BCUT2D eigenvalue weighted by Crippen LogP contribution is 2.55. The van der Waals surface area contributed by atoms with Gasteiger partial charge in [0.05, 0.1) is 17.1 Å². The lowest BCUT2D eigenvalue weighted by molar-refractivity contribution is 0.222. The van der Waals surface area contributed by atoms with Gasteiger partial charge in [-0.1, -0.05) is 200 Å². The van der Waals surface area contributed by atoms with Crippen LogP contribution in [0.5, 0.6) is 0 Å². The minimum Gasteiger partial charge on any atom is -0.365 e. The molecule has 348 valence electrons. The van der Waals surface area contributed by atoms with Crippen molar-refractivity contribution in [3.63, 3.8) is 0 Å². The summed E-state index contributed by atoms with van der Waals surface area (Å²) in [5.74, 6) is 1.57. The minimum absolute atomic E-state index is 0.532. The summed E-state index contributed by atoms with van der Waals surface area (Å²) in [6.45, 7) is 0. The van der Waals surface area contributed by atoms with E-state index in [1.807, 2.05) is 0 Å². The van der Waals surface area contributed by atoms with Crippen LogP contribution < -0.4 is 15.1 Å². The maximum Gasteiger partial charge on any atom is 0.0618 e. The van der Waals surface area contributed by atoms with E-state index >= 15 is 0 Å². The van der Waals surface area contributed by atoms with Gasteiger partial charge in [0.1, 0.15) is 0 Å². The summed E-state index contributed by atoms with van der Waals surface area (Å²) in [4.78, 5) is 5.43. The van der Waals surface area contributed by atoms with Crippen LogP contribution in [0.1, 0.15) is 32.1 Å². The Morgan fingerprint density at radius 3 is 1.28 bits per heavy atom. The first kappa shape index (κ1) is 43.6. The molecule has 2 aliphatic carbocycles. The number of hydrogen-bond acceptors (Lipinski definition) is 3. The lowest BCUT2D eigenvalue weighted by Crippen LogP contribution is -2.36. The number of fused-ring (bicyclic) bond motifs is 2. The molecule has 0 radical (unpaired) electrons. The van der Waals surface area contributed by atoms with Crippen molar-refractivity contribution in [2.75, 3.05) is 15.1 Å². The second kappa shape index (κ2) is 19.1. The Morgan fingerprint density at radius 2 is 0.792 bits per heavy atom. The van der Waals surface area contributed by atoms with Crippen LogP contribution in [0.2, 0.25) is 0 Å². The van der Waals surface area contributed by atoms with E-state index in [2.05, 4.69) is 270 Å². The van der Waals surface area contributed by atoms with Crippen LogP contribution >= 0.6 is 0 Å². The van der Waals surface area contributed by atoms with E-state index in [1.165, 1.54) is 93.4 Å². The van der Waals surface area contributed by atoms with E-state index < -0.39 is 0 Å². The maximum atomic E-state index is 4.25. The Kier molecular flexibility index (Phi) is 11.6. The zero-order valence-electron chi connectivity index (χ0n) is 40.5. The number of hydrogen-bond donors (Lipinski definition) is 1. The molecule has 3 nitrogen and oxygen atoms in total. The Hall–Kier alpha value is -8.40. The van der Waals surface area contributed by atoms with E-state index in [4.69, 9.17) is 0 Å². The smallest absolute Gasteiger partial charge is 0.0618 e. The Morgan fingerprint density at radius 1 is 0.361 bits per heavy atom. The Labute approximate surface area is 424 Å². The molecule has 3 bridgehead atoms. The predicted molar refractivity (Wildman–Crippen MR) is 304 cm³/mol. The zero-order chi connectivity index (χ0) is 47.8. The fourth-order valence-electron chi connectivity index (χ4n) is 12.6. The lowest BCUT2D eigenvalue weighted by Gasteiger charge is -2.35. The van der Waals surface area contributed by atoms with Gasteiger partial charge < -0.3 is 15.1 Å². The molecule has 1 saturated heterocycles. The standard InChI is InChI=1S/C69H57N3/c1-8-22-49(23-9-1)55-41-63(51-26-12-3-13-27-51)68(64(42-55)52-28-14-4-15-29-52)70-58-45-61(71-60-39-48-36-37-67(71)57(38-48)40-60)47-62(46-58)72(59-34-20-7-21-35-59)69-65(53-30-16-5-17-31-53)43-56(50-24-10-2-11-25-50)44-66(69)54-32-18-6-19-33-54/h1-35,41-48,57,60,67,70H,36-40H2. The molecular weight excluding hydrogens is 871 g/mol. The van der Waals surface area contributed by atoms with E-state index in [0.717, 1.165) is 51.4 Å². The normalized spacial score (nSPS) is 17.7. The Bertz CT molecular complexity index is 3350. The van der Waals surface area contributed by atoms with Crippen molar-refractivity contribution in [1.82, 2.24) is 0 Å². The molecule has 72 heavy (non-hydrogen) atoms. The SMILES string of the molecule is c1ccc(-c2cc(-c3ccccc3)c(Nc3cc(N(c4ccccc4)c4c(-c5ccccc5)cc(-c5ccccc5)cc4-c4ccccc4)cc(N4C5CC6CCC4C(C6)C5)c3)c(-c3ccccc3)c2)cc1. The molecule has 1 heterocycles. The van der Waals surface area contributed by atoms with Crippen LogP contribution in [0.4, 0.5) is 34.1 Å². The van der Waals surface area contributed by atoms with Gasteiger partial charge in [-0.3, -0.25) is 0 Å². The highest BCUT2D eigenvalue weighted by atomic mass is 15.2. The van der Waals surface area contributed by atoms with Gasteiger partial charge in [0, 0.05) is 51.4 Å². The van der Waals surface area contributed by atoms with Crippen molar-refractivity contribution in [2.24, 2.45) is 11.8 Å². The first-order valence-corrected chi connectivity index (χ1v) is 25.9. The molecule has 13 rings (SSSR count). The molecule has 0 aromatic heterocycles. The lowest BCUT2D eigenvalue weighted by atomic mass is 9.72. The van der Waals surface area contributed by atoms with Crippen LogP contribution in [0, 0.1) is 11.8 Å². The third kappa shape index (κ3) is 8.35. The maximum absolute atomic E-state index is 4.25. The summed E-state index contributed by atoms with van der Waals surface area (Å²) in [5.41, 5.74) is 20.9. The molecule has 2 saturated carbocycles. The second-order valence-electron chi connectivity index (χ2n) is 20.1. The summed E-state index contributed by atoms with van der Waals surface area (Å²) in [7, 11) is 0. The molecule has 3 heteroatoms. The quantitative estimate of drug-likeness (QED) is 0.132. The Balaban J connectivity index is 1.09. The fourth-order valence-corrected chi connectivity index (χ4v) is 12.6. The zero-order valence-corrected chi connectivity index (χ0v) is 40.5. The van der Waals surface area contributed by atoms with Crippen molar-refractivity contribution in [1.29, 1.82) is 0 Å². The summed E-state index contributed by atoms with van der Waals surface area (Å²) in [6.07, 6.45) is 6.51. The minimum atomic E-state index is 0.532. The molecule has 10 aromatic carbocycles. The van der Waals surface area contributed by atoms with Crippen LogP contribution in [0.15, 0.2) is 255 Å². The molecule has 0 amide bonds. The number of benzene rings is 10. The molecule has 0 spiro atoms. The van der Waals surface area contributed by atoms with Gasteiger partial charge in [-0.15, -0.1) is 0 Å². The molecule has 4 unspecified atom stereocenters. The first-order chi connectivity index (χ1) is 35.7. The van der Waals surface area contributed by atoms with Crippen molar-refractivity contribution in [3.8, 4) is 66.8 Å². The van der Waals surface area contributed by atoms with Gasteiger partial charge in [-0.05, 0) is 143 Å².